The van der Waals surface area contributed by atoms with Gasteiger partial charge in [0.2, 0.25) is 0 Å². The maximum Gasteiger partial charge on any atom is 0.174 e. The average Bonchev–Trinajstić information content (AvgIpc) is 2.92. The van der Waals surface area contributed by atoms with Gasteiger partial charge in [-0.15, -0.1) is 0 Å². The molecule has 0 radical (unpaired) electrons. The maximum absolute atomic E-state index is 9.70. The first-order valence-electron chi connectivity index (χ1n) is 6.31. The van der Waals surface area contributed by atoms with Gasteiger partial charge >= 0.3 is 0 Å². The van der Waals surface area contributed by atoms with E-state index in [0.29, 0.717) is 22.0 Å². The predicted octanol–water partition coefficient (Wildman–Crippen LogP) is 4.92. The topological polar surface area (TPSA) is 46.3 Å². The molecule has 0 fully saturated rings. The van der Waals surface area contributed by atoms with Gasteiger partial charge in [0.05, 0.1) is 17.2 Å². The average molecular weight is 365 g/mol. The summed E-state index contributed by atoms with van der Waals surface area (Å²) in [5.41, 5.74) is 2.86. The van der Waals surface area contributed by atoms with Crippen molar-refractivity contribution in [2.24, 2.45) is 0 Å². The summed E-state index contributed by atoms with van der Waals surface area (Å²) in [4.78, 5) is 0. The number of benzene rings is 2. The number of aromatic nitrogens is 1. The first kappa shape index (κ1) is 14.3. The van der Waals surface area contributed by atoms with Crippen molar-refractivity contribution in [2.45, 2.75) is 6.61 Å². The lowest BCUT2D eigenvalue weighted by atomic mass is 10.0. The summed E-state index contributed by atoms with van der Waals surface area (Å²) in [6.07, 6.45) is 0. The Morgan fingerprint density at radius 2 is 1.81 bits per heavy atom. The summed E-state index contributed by atoms with van der Waals surface area (Å²) in [5, 5.41) is 14.4. The lowest BCUT2D eigenvalue weighted by Crippen LogP contribution is -1.89. The lowest BCUT2D eigenvalue weighted by molar-refractivity contribution is 0.281. The number of hydrogen-bond acceptors (Lipinski definition) is 3. The van der Waals surface area contributed by atoms with Gasteiger partial charge in [0.1, 0.15) is 5.69 Å². The Kier molecular flexibility index (Phi) is 4.10. The zero-order valence-electron chi connectivity index (χ0n) is 10.9. The van der Waals surface area contributed by atoms with Crippen LogP contribution in [0.2, 0.25) is 5.02 Å². The SMILES string of the molecule is OCc1c(-c2ccc(Br)cc2)noc1-c1ccccc1Cl. The highest BCUT2D eigenvalue weighted by Crippen LogP contribution is 2.35. The molecule has 3 nitrogen and oxygen atoms in total. The zero-order valence-corrected chi connectivity index (χ0v) is 13.2. The second-order valence-electron chi connectivity index (χ2n) is 4.48. The second-order valence-corrected chi connectivity index (χ2v) is 5.81. The fourth-order valence-electron chi connectivity index (χ4n) is 2.15. The van der Waals surface area contributed by atoms with Crippen molar-refractivity contribution in [1.29, 1.82) is 0 Å². The van der Waals surface area contributed by atoms with Gasteiger partial charge in [0, 0.05) is 15.6 Å². The molecule has 21 heavy (non-hydrogen) atoms. The first-order chi connectivity index (χ1) is 10.2. The van der Waals surface area contributed by atoms with Gasteiger partial charge in [0.15, 0.2) is 5.76 Å². The van der Waals surface area contributed by atoms with Crippen molar-refractivity contribution >= 4 is 27.5 Å². The number of nitrogens with zero attached hydrogens (tertiary/aromatic N) is 1. The van der Waals surface area contributed by atoms with E-state index in [4.69, 9.17) is 16.1 Å². The Labute approximate surface area is 135 Å². The molecule has 0 atom stereocenters. The molecule has 0 bridgehead atoms. The number of aliphatic hydroxyl groups excluding tert-OH is 1. The van der Waals surface area contributed by atoms with E-state index in [1.54, 1.807) is 6.07 Å². The Morgan fingerprint density at radius 3 is 2.48 bits per heavy atom. The van der Waals surface area contributed by atoms with Crippen LogP contribution in [0.5, 0.6) is 0 Å². The summed E-state index contributed by atoms with van der Waals surface area (Å²) < 4.78 is 6.41. The molecule has 3 aromatic rings. The number of rotatable bonds is 3. The van der Waals surface area contributed by atoms with Gasteiger partial charge in [-0.1, -0.05) is 57.0 Å². The smallest absolute Gasteiger partial charge is 0.174 e. The van der Waals surface area contributed by atoms with Crippen molar-refractivity contribution in [2.75, 3.05) is 0 Å². The first-order valence-corrected chi connectivity index (χ1v) is 7.48. The summed E-state index contributed by atoms with van der Waals surface area (Å²) in [7, 11) is 0. The van der Waals surface area contributed by atoms with Crippen LogP contribution >= 0.6 is 27.5 Å². The minimum Gasteiger partial charge on any atom is -0.391 e. The number of halogens is 2. The molecular weight excluding hydrogens is 354 g/mol. The quantitative estimate of drug-likeness (QED) is 0.718. The minimum atomic E-state index is -0.171. The fourth-order valence-corrected chi connectivity index (χ4v) is 2.63. The van der Waals surface area contributed by atoms with E-state index in [1.165, 1.54) is 0 Å². The van der Waals surface area contributed by atoms with Crippen LogP contribution in [0.3, 0.4) is 0 Å². The highest BCUT2D eigenvalue weighted by atomic mass is 79.9. The summed E-state index contributed by atoms with van der Waals surface area (Å²) in [6, 6.07) is 15.0. The molecular formula is C16H11BrClNO2. The summed E-state index contributed by atoms with van der Waals surface area (Å²) >= 11 is 9.58. The highest BCUT2D eigenvalue weighted by Gasteiger charge is 2.19. The Morgan fingerprint density at radius 1 is 1.10 bits per heavy atom. The second kappa shape index (κ2) is 6.02. The van der Waals surface area contributed by atoms with E-state index in [9.17, 15) is 5.11 Å². The standard InChI is InChI=1S/C16H11BrClNO2/c17-11-7-5-10(6-8-11)15-13(9-20)16(21-19-15)12-3-1-2-4-14(12)18/h1-8,20H,9H2. The molecule has 0 aliphatic rings. The number of aliphatic hydroxyl groups is 1. The Balaban J connectivity index is 2.13. The molecule has 0 spiro atoms. The van der Waals surface area contributed by atoms with Gasteiger partial charge in [-0.2, -0.15) is 0 Å². The van der Waals surface area contributed by atoms with Gasteiger partial charge in [-0.05, 0) is 24.3 Å². The van der Waals surface area contributed by atoms with Crippen LogP contribution in [0.25, 0.3) is 22.6 Å². The zero-order chi connectivity index (χ0) is 14.8. The molecule has 1 N–H and O–H groups in total. The lowest BCUT2D eigenvalue weighted by Gasteiger charge is -2.03. The van der Waals surface area contributed by atoms with Crippen LogP contribution in [0.15, 0.2) is 57.5 Å². The highest BCUT2D eigenvalue weighted by molar-refractivity contribution is 9.10. The molecule has 1 heterocycles. The van der Waals surface area contributed by atoms with Gasteiger partial charge < -0.3 is 9.63 Å². The third kappa shape index (κ3) is 2.75. The predicted molar refractivity (Wildman–Crippen MR) is 86.0 cm³/mol. The van der Waals surface area contributed by atoms with Crippen molar-refractivity contribution < 1.29 is 9.63 Å². The van der Waals surface area contributed by atoms with E-state index in [-0.39, 0.29) is 6.61 Å². The molecule has 5 heteroatoms. The summed E-state index contributed by atoms with van der Waals surface area (Å²) in [5.74, 6) is 0.501. The molecule has 106 valence electrons. The normalized spacial score (nSPS) is 10.8. The fraction of sp³-hybridized carbons (Fsp3) is 0.0625. The van der Waals surface area contributed by atoms with E-state index in [1.807, 2.05) is 42.5 Å². The Bertz CT molecular complexity index is 768. The van der Waals surface area contributed by atoms with Gasteiger partial charge in [-0.3, -0.25) is 0 Å². The molecule has 0 unspecified atom stereocenters. The van der Waals surface area contributed by atoms with Crippen LogP contribution in [-0.2, 0) is 6.61 Å². The molecule has 2 aromatic carbocycles. The van der Waals surface area contributed by atoms with E-state index < -0.39 is 0 Å². The number of hydrogen-bond donors (Lipinski definition) is 1. The van der Waals surface area contributed by atoms with Crippen LogP contribution in [0.1, 0.15) is 5.56 Å². The molecule has 0 aliphatic heterocycles. The third-order valence-corrected chi connectivity index (χ3v) is 4.04. The van der Waals surface area contributed by atoms with E-state index in [2.05, 4.69) is 21.1 Å². The maximum atomic E-state index is 9.70. The van der Waals surface area contributed by atoms with E-state index in [0.717, 1.165) is 15.6 Å². The molecule has 3 rings (SSSR count). The van der Waals surface area contributed by atoms with E-state index >= 15 is 0 Å². The van der Waals surface area contributed by atoms with Crippen molar-refractivity contribution in [3.05, 3.63) is 63.6 Å². The molecule has 0 amide bonds. The van der Waals surface area contributed by atoms with Crippen LogP contribution in [0, 0.1) is 0 Å². The third-order valence-electron chi connectivity index (χ3n) is 3.18. The molecule has 0 aliphatic carbocycles. The molecule has 1 aromatic heterocycles. The molecule has 0 saturated heterocycles. The largest absolute Gasteiger partial charge is 0.391 e. The monoisotopic (exact) mass is 363 g/mol. The van der Waals surface area contributed by atoms with Crippen LogP contribution in [-0.4, -0.2) is 10.3 Å². The van der Waals surface area contributed by atoms with Crippen LogP contribution < -0.4 is 0 Å². The van der Waals surface area contributed by atoms with Gasteiger partial charge in [-0.25, -0.2) is 0 Å². The summed E-state index contributed by atoms with van der Waals surface area (Å²) in [6.45, 7) is -0.171. The van der Waals surface area contributed by atoms with Crippen molar-refractivity contribution in [1.82, 2.24) is 5.16 Å². The Hall–Kier alpha value is -1.62. The van der Waals surface area contributed by atoms with Gasteiger partial charge in [0.25, 0.3) is 0 Å². The molecule has 0 saturated carbocycles. The van der Waals surface area contributed by atoms with Crippen LogP contribution in [0.4, 0.5) is 0 Å². The van der Waals surface area contributed by atoms with Crippen molar-refractivity contribution in [3.8, 4) is 22.6 Å². The van der Waals surface area contributed by atoms with Crippen molar-refractivity contribution in [3.63, 3.8) is 0 Å². The minimum absolute atomic E-state index is 0.171.